The van der Waals surface area contributed by atoms with Crippen LogP contribution in [-0.4, -0.2) is 32.1 Å². The van der Waals surface area contributed by atoms with Gasteiger partial charge in [-0.25, -0.2) is 8.42 Å². The molecule has 0 aliphatic rings. The van der Waals surface area contributed by atoms with Crippen LogP contribution in [0.2, 0.25) is 0 Å². The average molecular weight is 261 g/mol. The van der Waals surface area contributed by atoms with Crippen molar-refractivity contribution in [3.8, 4) is 0 Å². The predicted molar refractivity (Wildman–Crippen MR) is 66.4 cm³/mol. The van der Waals surface area contributed by atoms with Crippen LogP contribution in [0.5, 0.6) is 0 Å². The van der Waals surface area contributed by atoms with E-state index in [9.17, 15) is 8.42 Å². The monoisotopic (exact) mass is 261 g/mol. The van der Waals surface area contributed by atoms with Crippen LogP contribution in [0, 0.1) is 0 Å². The molecule has 4 nitrogen and oxygen atoms in total. The lowest BCUT2D eigenvalue weighted by Gasteiger charge is -2.06. The Labute approximate surface area is 99.8 Å². The van der Waals surface area contributed by atoms with Crippen LogP contribution in [0.3, 0.4) is 0 Å². The van der Waals surface area contributed by atoms with Gasteiger partial charge in [0, 0.05) is 29.2 Å². The zero-order valence-corrected chi connectivity index (χ0v) is 10.6. The Morgan fingerprint density at radius 1 is 1.44 bits per heavy atom. The van der Waals surface area contributed by atoms with Gasteiger partial charge < -0.3 is 10.8 Å². The van der Waals surface area contributed by atoms with Gasteiger partial charge in [-0.1, -0.05) is 0 Å². The van der Waals surface area contributed by atoms with Crippen molar-refractivity contribution < 1.29 is 13.5 Å². The molecule has 1 rings (SSSR count). The summed E-state index contributed by atoms with van der Waals surface area (Å²) in [5.41, 5.74) is 6.22. The van der Waals surface area contributed by atoms with Crippen molar-refractivity contribution in [2.45, 2.75) is 16.2 Å². The summed E-state index contributed by atoms with van der Waals surface area (Å²) in [4.78, 5) is 1.08. The van der Waals surface area contributed by atoms with Crippen molar-refractivity contribution in [2.24, 2.45) is 0 Å². The van der Waals surface area contributed by atoms with E-state index in [0.29, 0.717) is 12.1 Å². The van der Waals surface area contributed by atoms with Gasteiger partial charge in [0.1, 0.15) is 0 Å². The largest absolute Gasteiger partial charge is 0.398 e. The third kappa shape index (κ3) is 3.70. The molecule has 0 fully saturated rings. The van der Waals surface area contributed by atoms with Gasteiger partial charge in [-0.05, 0) is 24.6 Å². The highest BCUT2D eigenvalue weighted by atomic mass is 32.2. The maximum Gasteiger partial charge on any atom is 0.175 e. The molecule has 0 amide bonds. The second-order valence-electron chi connectivity index (χ2n) is 3.40. The summed E-state index contributed by atoms with van der Waals surface area (Å²) in [7, 11) is -3.20. The predicted octanol–water partition coefficient (Wildman–Crippen LogP) is 1.15. The molecule has 0 atom stereocenters. The van der Waals surface area contributed by atoms with Gasteiger partial charge in [0.2, 0.25) is 0 Å². The third-order valence-corrected chi connectivity index (χ3v) is 4.26. The fourth-order valence-electron chi connectivity index (χ4n) is 1.14. The molecule has 1 aromatic carbocycles. The molecule has 16 heavy (non-hydrogen) atoms. The van der Waals surface area contributed by atoms with E-state index in [-0.39, 0.29) is 11.5 Å². The Bertz CT molecular complexity index is 457. The minimum atomic E-state index is -3.20. The van der Waals surface area contributed by atoms with Gasteiger partial charge in [0.05, 0.1) is 4.90 Å². The van der Waals surface area contributed by atoms with E-state index >= 15 is 0 Å². The van der Waals surface area contributed by atoms with E-state index in [2.05, 4.69) is 0 Å². The summed E-state index contributed by atoms with van der Waals surface area (Å²) in [6.07, 6.45) is 1.85. The van der Waals surface area contributed by atoms with Crippen LogP contribution in [0.4, 0.5) is 5.69 Å². The minimum Gasteiger partial charge on any atom is -0.398 e. The number of thioether (sulfide) groups is 1. The first kappa shape index (κ1) is 13.3. The van der Waals surface area contributed by atoms with E-state index in [1.165, 1.54) is 17.8 Å². The highest BCUT2D eigenvalue weighted by Crippen LogP contribution is 2.27. The number of aliphatic hydroxyl groups is 1. The zero-order valence-electron chi connectivity index (χ0n) is 9.01. The molecule has 0 saturated carbocycles. The van der Waals surface area contributed by atoms with Gasteiger partial charge in [-0.3, -0.25) is 0 Å². The number of aliphatic hydroxyl groups excluding tert-OH is 1. The molecule has 0 aliphatic heterocycles. The molecule has 0 bridgehead atoms. The molecule has 0 heterocycles. The lowest BCUT2D eigenvalue weighted by atomic mass is 10.3. The van der Waals surface area contributed by atoms with Crippen LogP contribution in [0.15, 0.2) is 28.0 Å². The molecular weight excluding hydrogens is 246 g/mol. The van der Waals surface area contributed by atoms with Gasteiger partial charge in [0.15, 0.2) is 9.84 Å². The SMILES string of the molecule is CS(=O)(=O)c1ccc(SCCCO)c(N)c1. The molecule has 3 N–H and O–H groups in total. The number of anilines is 1. The van der Waals surface area contributed by atoms with Crippen molar-refractivity contribution >= 4 is 27.3 Å². The van der Waals surface area contributed by atoms with Crippen LogP contribution in [-0.2, 0) is 9.84 Å². The fraction of sp³-hybridized carbons (Fsp3) is 0.400. The molecule has 1 aromatic rings. The number of benzene rings is 1. The summed E-state index contributed by atoms with van der Waals surface area (Å²) in [5.74, 6) is 0.763. The Morgan fingerprint density at radius 2 is 2.12 bits per heavy atom. The van der Waals surface area contributed by atoms with E-state index in [1.807, 2.05) is 0 Å². The smallest absolute Gasteiger partial charge is 0.175 e. The Hall–Kier alpha value is -0.720. The van der Waals surface area contributed by atoms with Crippen molar-refractivity contribution in [3.63, 3.8) is 0 Å². The first-order chi connectivity index (χ1) is 7.45. The summed E-state index contributed by atoms with van der Waals surface area (Å²) in [5, 5.41) is 8.64. The molecular formula is C10H15NO3S2. The number of nitrogens with two attached hydrogens (primary N) is 1. The van der Waals surface area contributed by atoms with Gasteiger partial charge in [-0.15, -0.1) is 11.8 Å². The topological polar surface area (TPSA) is 80.4 Å². The van der Waals surface area contributed by atoms with Crippen molar-refractivity contribution in [2.75, 3.05) is 24.3 Å². The Kier molecular flexibility index (Phi) is 4.64. The number of nitrogen functional groups attached to an aromatic ring is 1. The highest BCUT2D eigenvalue weighted by molar-refractivity contribution is 7.99. The first-order valence-electron chi connectivity index (χ1n) is 4.78. The zero-order chi connectivity index (χ0) is 12.2. The molecule has 0 saturated heterocycles. The number of rotatable bonds is 5. The fourth-order valence-corrected chi connectivity index (χ4v) is 2.67. The number of hydrogen-bond donors (Lipinski definition) is 2. The quantitative estimate of drug-likeness (QED) is 0.472. The molecule has 6 heteroatoms. The van der Waals surface area contributed by atoms with Gasteiger partial charge >= 0.3 is 0 Å². The van der Waals surface area contributed by atoms with Crippen LogP contribution < -0.4 is 5.73 Å². The molecule has 0 spiro atoms. The Balaban J connectivity index is 2.84. The second-order valence-corrected chi connectivity index (χ2v) is 6.55. The third-order valence-electron chi connectivity index (χ3n) is 1.97. The molecule has 0 aromatic heterocycles. The first-order valence-corrected chi connectivity index (χ1v) is 7.66. The number of sulfone groups is 1. The van der Waals surface area contributed by atoms with Crippen molar-refractivity contribution in [1.29, 1.82) is 0 Å². The van der Waals surface area contributed by atoms with Gasteiger partial charge in [-0.2, -0.15) is 0 Å². The standard InChI is InChI=1S/C10H15NO3S2/c1-16(13,14)8-3-4-10(9(11)7-8)15-6-2-5-12/h3-4,7,12H,2,5-6,11H2,1H3. The van der Waals surface area contributed by atoms with Crippen molar-refractivity contribution in [3.05, 3.63) is 18.2 Å². The minimum absolute atomic E-state index is 0.147. The maximum absolute atomic E-state index is 11.3. The summed E-state index contributed by atoms with van der Waals surface area (Å²) >= 11 is 1.51. The molecule has 0 unspecified atom stereocenters. The normalized spacial score (nSPS) is 11.6. The van der Waals surface area contributed by atoms with Crippen LogP contribution in [0.1, 0.15) is 6.42 Å². The number of hydrogen-bond acceptors (Lipinski definition) is 5. The van der Waals surface area contributed by atoms with Crippen LogP contribution >= 0.6 is 11.8 Å². The lowest BCUT2D eigenvalue weighted by Crippen LogP contribution is -1.99. The molecule has 0 aliphatic carbocycles. The summed E-state index contributed by atoms with van der Waals surface area (Å²) < 4.78 is 22.5. The summed E-state index contributed by atoms with van der Waals surface area (Å²) in [6.45, 7) is 0.147. The second kappa shape index (κ2) is 5.56. The average Bonchev–Trinajstić information content (AvgIpc) is 2.19. The maximum atomic E-state index is 11.3. The molecule has 90 valence electrons. The molecule has 0 radical (unpaired) electrons. The van der Waals surface area contributed by atoms with E-state index in [0.717, 1.165) is 16.9 Å². The van der Waals surface area contributed by atoms with Crippen LogP contribution in [0.25, 0.3) is 0 Å². The van der Waals surface area contributed by atoms with E-state index in [1.54, 1.807) is 12.1 Å². The van der Waals surface area contributed by atoms with E-state index in [4.69, 9.17) is 10.8 Å². The van der Waals surface area contributed by atoms with E-state index < -0.39 is 9.84 Å². The van der Waals surface area contributed by atoms with Crippen molar-refractivity contribution in [1.82, 2.24) is 0 Å². The lowest BCUT2D eigenvalue weighted by molar-refractivity contribution is 0.296. The highest BCUT2D eigenvalue weighted by Gasteiger charge is 2.09. The Morgan fingerprint density at radius 3 is 2.62 bits per heavy atom. The van der Waals surface area contributed by atoms with Gasteiger partial charge in [0.25, 0.3) is 0 Å². The summed E-state index contributed by atoms with van der Waals surface area (Å²) in [6, 6.07) is 4.72.